The number of piperazine rings is 1. The number of phenols is 1. The van der Waals surface area contributed by atoms with Gasteiger partial charge in [-0.2, -0.15) is 0 Å². The largest absolute Gasteiger partial charge is 0.508 e. The molecule has 2 N–H and O–H groups in total. The van der Waals surface area contributed by atoms with Gasteiger partial charge in [-0.25, -0.2) is 0 Å². The third-order valence-corrected chi connectivity index (χ3v) is 4.89. The monoisotopic (exact) mass is 346 g/mol. The van der Waals surface area contributed by atoms with Crippen LogP contribution < -0.4 is 5.32 Å². The molecule has 1 aromatic rings. The fraction of sp³-hybridized carbons (Fsp3) is 0.647. The standard InChI is InChI=1S/C17H26N2O.2ClH/c1-13-6-7-16(20)15(12-13)17(14-4-2-3-5-14)19-10-8-18-9-11-19;;/h6-7,12,14,17-18,20H,2-5,8-11H2,1H3;2*1H/t17-;;/m0../s1. The third kappa shape index (κ3) is 4.29. The predicted molar refractivity (Wildman–Crippen MR) is 96.5 cm³/mol. The first-order chi connectivity index (χ1) is 9.75. The summed E-state index contributed by atoms with van der Waals surface area (Å²) in [6.07, 6.45) is 5.31. The van der Waals surface area contributed by atoms with Crippen molar-refractivity contribution in [2.24, 2.45) is 5.92 Å². The molecule has 3 rings (SSSR count). The number of hydrogen-bond acceptors (Lipinski definition) is 3. The molecule has 0 bridgehead atoms. The Morgan fingerprint density at radius 3 is 2.41 bits per heavy atom. The van der Waals surface area contributed by atoms with Crippen LogP contribution in [0.3, 0.4) is 0 Å². The number of hydrogen-bond donors (Lipinski definition) is 2. The molecule has 126 valence electrons. The molecule has 0 spiro atoms. The van der Waals surface area contributed by atoms with E-state index in [2.05, 4.69) is 23.2 Å². The fourth-order valence-electron chi connectivity index (χ4n) is 3.89. The molecule has 1 saturated carbocycles. The lowest BCUT2D eigenvalue weighted by Crippen LogP contribution is -2.46. The van der Waals surface area contributed by atoms with Crippen LogP contribution in [0.2, 0.25) is 0 Å². The number of nitrogens with one attached hydrogen (secondary N) is 1. The predicted octanol–water partition coefficient (Wildman–Crippen LogP) is 3.68. The molecule has 1 heterocycles. The van der Waals surface area contributed by atoms with Gasteiger partial charge >= 0.3 is 0 Å². The molecule has 0 radical (unpaired) electrons. The second-order valence-corrected chi connectivity index (χ2v) is 6.34. The van der Waals surface area contributed by atoms with Crippen LogP contribution in [-0.4, -0.2) is 36.2 Å². The van der Waals surface area contributed by atoms with Gasteiger partial charge in [0.05, 0.1) is 0 Å². The zero-order chi connectivity index (χ0) is 13.9. The summed E-state index contributed by atoms with van der Waals surface area (Å²) in [6.45, 7) is 6.43. The maximum absolute atomic E-state index is 10.4. The van der Waals surface area contributed by atoms with Crippen LogP contribution in [-0.2, 0) is 0 Å². The Balaban J connectivity index is 0.00000121. The Labute approximate surface area is 146 Å². The van der Waals surface area contributed by atoms with Crippen molar-refractivity contribution < 1.29 is 5.11 Å². The van der Waals surface area contributed by atoms with Crippen LogP contribution in [0.25, 0.3) is 0 Å². The Kier molecular flexibility index (Phi) is 7.98. The van der Waals surface area contributed by atoms with Crippen LogP contribution >= 0.6 is 24.8 Å². The van der Waals surface area contributed by atoms with E-state index in [-0.39, 0.29) is 24.8 Å². The summed E-state index contributed by atoms with van der Waals surface area (Å²) in [4.78, 5) is 2.58. The summed E-state index contributed by atoms with van der Waals surface area (Å²) >= 11 is 0. The molecule has 0 amide bonds. The molecule has 3 nitrogen and oxygen atoms in total. The summed E-state index contributed by atoms with van der Waals surface area (Å²) in [7, 11) is 0. The summed E-state index contributed by atoms with van der Waals surface area (Å²) in [5.74, 6) is 1.19. The minimum atomic E-state index is 0. The molecular weight excluding hydrogens is 319 g/mol. The summed E-state index contributed by atoms with van der Waals surface area (Å²) in [5, 5.41) is 13.8. The lowest BCUT2D eigenvalue weighted by molar-refractivity contribution is 0.123. The Bertz CT molecular complexity index is 458. The fourth-order valence-corrected chi connectivity index (χ4v) is 3.89. The van der Waals surface area contributed by atoms with E-state index >= 15 is 0 Å². The van der Waals surface area contributed by atoms with Gasteiger partial charge in [-0.1, -0.05) is 30.5 Å². The van der Waals surface area contributed by atoms with Gasteiger partial charge in [-0.15, -0.1) is 24.8 Å². The average Bonchev–Trinajstić information content (AvgIpc) is 2.98. The van der Waals surface area contributed by atoms with Gasteiger partial charge in [0.1, 0.15) is 5.75 Å². The van der Waals surface area contributed by atoms with Crippen LogP contribution in [0.1, 0.15) is 42.9 Å². The average molecular weight is 347 g/mol. The number of aromatic hydroxyl groups is 1. The molecule has 1 aliphatic carbocycles. The van der Waals surface area contributed by atoms with E-state index in [1.165, 1.54) is 31.2 Å². The van der Waals surface area contributed by atoms with E-state index in [4.69, 9.17) is 0 Å². The second-order valence-electron chi connectivity index (χ2n) is 6.34. The lowest BCUT2D eigenvalue weighted by atomic mass is 9.88. The van der Waals surface area contributed by atoms with Gasteiger partial charge in [0, 0.05) is 37.8 Å². The molecular formula is C17H28Cl2N2O. The molecule has 5 heteroatoms. The second kappa shape index (κ2) is 8.97. The maximum atomic E-state index is 10.4. The van der Waals surface area contributed by atoms with Crippen LogP contribution in [0.15, 0.2) is 18.2 Å². The van der Waals surface area contributed by atoms with Gasteiger partial charge in [0.25, 0.3) is 0 Å². The number of halogens is 2. The van der Waals surface area contributed by atoms with Crippen molar-refractivity contribution in [1.82, 2.24) is 10.2 Å². The number of phenolic OH excluding ortho intramolecular Hbond substituents is 1. The SMILES string of the molecule is Cc1ccc(O)c([C@H](C2CCCC2)N2CCNCC2)c1.Cl.Cl. The normalized spacial score (nSPS) is 21.0. The highest BCUT2D eigenvalue weighted by Gasteiger charge is 2.33. The zero-order valence-corrected chi connectivity index (χ0v) is 14.9. The van der Waals surface area contributed by atoms with E-state index < -0.39 is 0 Å². The van der Waals surface area contributed by atoms with Crippen LogP contribution in [0.5, 0.6) is 5.75 Å². The molecule has 0 aromatic heterocycles. The smallest absolute Gasteiger partial charge is 0.120 e. The lowest BCUT2D eigenvalue weighted by Gasteiger charge is -2.39. The molecule has 1 aromatic carbocycles. The van der Waals surface area contributed by atoms with Crippen molar-refractivity contribution in [3.05, 3.63) is 29.3 Å². The number of aryl methyl sites for hydroxylation is 1. The summed E-state index contributed by atoms with van der Waals surface area (Å²) < 4.78 is 0. The molecule has 1 atom stereocenters. The molecule has 2 fully saturated rings. The van der Waals surface area contributed by atoms with E-state index in [1.807, 2.05) is 12.1 Å². The van der Waals surface area contributed by atoms with Gasteiger partial charge < -0.3 is 10.4 Å². The topological polar surface area (TPSA) is 35.5 Å². The number of benzene rings is 1. The van der Waals surface area contributed by atoms with E-state index in [1.54, 1.807) is 0 Å². The van der Waals surface area contributed by atoms with E-state index in [0.717, 1.165) is 31.7 Å². The molecule has 2 aliphatic rings. The van der Waals surface area contributed by atoms with Crippen molar-refractivity contribution in [2.75, 3.05) is 26.2 Å². The number of rotatable bonds is 3. The first-order valence-electron chi connectivity index (χ1n) is 8.00. The molecule has 1 aliphatic heterocycles. The summed E-state index contributed by atoms with van der Waals surface area (Å²) in [5.41, 5.74) is 2.40. The zero-order valence-electron chi connectivity index (χ0n) is 13.3. The minimum Gasteiger partial charge on any atom is -0.508 e. The van der Waals surface area contributed by atoms with Crippen molar-refractivity contribution >= 4 is 24.8 Å². The van der Waals surface area contributed by atoms with E-state index in [0.29, 0.717) is 17.7 Å². The van der Waals surface area contributed by atoms with Crippen molar-refractivity contribution in [3.63, 3.8) is 0 Å². The Morgan fingerprint density at radius 2 is 1.77 bits per heavy atom. The summed E-state index contributed by atoms with van der Waals surface area (Å²) in [6, 6.07) is 6.47. The van der Waals surface area contributed by atoms with E-state index in [9.17, 15) is 5.11 Å². The van der Waals surface area contributed by atoms with Crippen molar-refractivity contribution in [2.45, 2.75) is 38.6 Å². The third-order valence-electron chi connectivity index (χ3n) is 4.89. The van der Waals surface area contributed by atoms with Gasteiger partial charge in [0.15, 0.2) is 0 Å². The van der Waals surface area contributed by atoms with Crippen LogP contribution in [0, 0.1) is 12.8 Å². The van der Waals surface area contributed by atoms with Gasteiger partial charge in [0.2, 0.25) is 0 Å². The Hall–Kier alpha value is -0.480. The maximum Gasteiger partial charge on any atom is 0.120 e. The molecule has 1 saturated heterocycles. The van der Waals surface area contributed by atoms with Gasteiger partial charge in [-0.05, 0) is 31.7 Å². The van der Waals surface area contributed by atoms with Crippen LogP contribution in [0.4, 0.5) is 0 Å². The Morgan fingerprint density at radius 1 is 1.14 bits per heavy atom. The first kappa shape index (κ1) is 19.6. The molecule has 22 heavy (non-hydrogen) atoms. The highest BCUT2D eigenvalue weighted by molar-refractivity contribution is 5.85. The van der Waals surface area contributed by atoms with Gasteiger partial charge in [-0.3, -0.25) is 4.90 Å². The molecule has 0 unspecified atom stereocenters. The first-order valence-corrected chi connectivity index (χ1v) is 8.00. The highest BCUT2D eigenvalue weighted by Crippen LogP contribution is 2.42. The number of nitrogens with zero attached hydrogens (tertiary/aromatic N) is 1. The highest BCUT2D eigenvalue weighted by atomic mass is 35.5. The van der Waals surface area contributed by atoms with Crippen molar-refractivity contribution in [3.8, 4) is 5.75 Å². The minimum absolute atomic E-state index is 0. The quantitative estimate of drug-likeness (QED) is 0.876. The van der Waals surface area contributed by atoms with Crippen molar-refractivity contribution in [1.29, 1.82) is 0 Å².